The van der Waals surface area contributed by atoms with Crippen molar-refractivity contribution < 1.29 is 9.84 Å². The lowest BCUT2D eigenvalue weighted by Crippen LogP contribution is -2.58. The van der Waals surface area contributed by atoms with Crippen LogP contribution in [-0.2, 0) is 4.74 Å². The molecular formula is C32H56O2. The number of rotatable bonds is 6. The quantitative estimate of drug-likeness (QED) is 0.393. The van der Waals surface area contributed by atoms with Gasteiger partial charge in [-0.15, -0.1) is 0 Å². The highest BCUT2D eigenvalue weighted by Gasteiger charge is 2.65. The first kappa shape index (κ1) is 26.7. The van der Waals surface area contributed by atoms with Gasteiger partial charge in [0.25, 0.3) is 0 Å². The number of methoxy groups -OCH3 is 1. The number of allylic oxidation sites excluding steroid dienone is 2. The minimum atomic E-state index is -0.569. The molecule has 0 amide bonds. The Labute approximate surface area is 211 Å². The molecule has 0 saturated heterocycles. The van der Waals surface area contributed by atoms with Crippen molar-refractivity contribution in [3.63, 3.8) is 0 Å². The molecule has 0 heterocycles. The van der Waals surface area contributed by atoms with Crippen LogP contribution in [-0.4, -0.2) is 23.9 Å². The second-order valence-electron chi connectivity index (χ2n) is 15.1. The number of hydrogen-bond acceptors (Lipinski definition) is 2. The van der Waals surface area contributed by atoms with E-state index < -0.39 is 5.60 Å². The van der Waals surface area contributed by atoms with Crippen LogP contribution in [0.2, 0.25) is 0 Å². The van der Waals surface area contributed by atoms with E-state index in [1.165, 1.54) is 51.4 Å². The fourth-order valence-corrected chi connectivity index (χ4v) is 10.1. The van der Waals surface area contributed by atoms with Crippen LogP contribution >= 0.6 is 0 Å². The molecule has 0 aromatic rings. The van der Waals surface area contributed by atoms with E-state index >= 15 is 0 Å². The first-order valence-electron chi connectivity index (χ1n) is 14.6. The number of ether oxygens (including phenoxy) is 1. The summed E-state index contributed by atoms with van der Waals surface area (Å²) in [6.45, 7) is 21.6. The molecule has 2 heteroatoms. The van der Waals surface area contributed by atoms with Gasteiger partial charge in [-0.2, -0.15) is 0 Å². The fraction of sp³-hybridized carbons (Fsp3) is 0.938. The summed E-state index contributed by atoms with van der Waals surface area (Å²) in [4.78, 5) is 0. The van der Waals surface area contributed by atoms with Gasteiger partial charge in [0.15, 0.2) is 0 Å². The SMILES string of the molecule is CO[C@H]1CC[C@]2(C)C3=CC[C@]4(C)[C@@H]([C@H](C)CCC(C)C(C)(C)O)CC[C@@]4(C)[C@@H]3CC[C@H]2C1(C)C. The second kappa shape index (κ2) is 8.61. The van der Waals surface area contributed by atoms with Gasteiger partial charge in [-0.3, -0.25) is 0 Å². The molecule has 0 radical (unpaired) electrons. The number of hydrogen-bond donors (Lipinski definition) is 1. The Bertz CT molecular complexity index is 789. The summed E-state index contributed by atoms with van der Waals surface area (Å²) in [7, 11) is 1.93. The molecule has 0 bridgehead atoms. The highest BCUT2D eigenvalue weighted by Crippen LogP contribution is 2.73. The van der Waals surface area contributed by atoms with Gasteiger partial charge in [0.2, 0.25) is 0 Å². The summed E-state index contributed by atoms with van der Waals surface area (Å²) in [5.41, 5.74) is 2.70. The molecule has 196 valence electrons. The standard InChI is InChI=1S/C32H56O2/c1-21(11-12-22(2)29(5,6)33)23-15-19-32(9)25-13-14-26-28(3,4)27(34-10)17-18-30(26,7)24(25)16-20-31(23,32)8/h16,21-23,25-27,33H,11-15,17-20H2,1-10H3/t21-,22?,23-,25-,26+,27+,30-,31-,32+/m1/s1. The molecule has 34 heavy (non-hydrogen) atoms. The Morgan fingerprint density at radius 1 is 0.971 bits per heavy atom. The van der Waals surface area contributed by atoms with Gasteiger partial charge in [0.05, 0.1) is 11.7 Å². The molecule has 3 fully saturated rings. The molecule has 9 atom stereocenters. The van der Waals surface area contributed by atoms with Crippen molar-refractivity contribution in [2.45, 2.75) is 132 Å². The van der Waals surface area contributed by atoms with Crippen molar-refractivity contribution in [3.8, 4) is 0 Å². The summed E-state index contributed by atoms with van der Waals surface area (Å²) in [5.74, 6) is 3.38. The number of fused-ring (bicyclic) bond motifs is 5. The van der Waals surface area contributed by atoms with E-state index in [4.69, 9.17) is 4.74 Å². The minimum absolute atomic E-state index is 0.249. The second-order valence-corrected chi connectivity index (χ2v) is 15.1. The maximum atomic E-state index is 10.4. The van der Waals surface area contributed by atoms with E-state index in [9.17, 15) is 5.11 Å². The molecule has 0 spiro atoms. The zero-order valence-electron chi connectivity index (χ0n) is 24.3. The maximum absolute atomic E-state index is 10.4. The Balaban J connectivity index is 1.59. The monoisotopic (exact) mass is 472 g/mol. The molecule has 0 aliphatic heterocycles. The molecule has 4 aliphatic carbocycles. The Kier molecular flexibility index (Phi) is 6.77. The third-order valence-corrected chi connectivity index (χ3v) is 13.0. The Hall–Kier alpha value is -0.340. The molecule has 3 saturated carbocycles. The average Bonchev–Trinajstić information content (AvgIpc) is 3.02. The van der Waals surface area contributed by atoms with Gasteiger partial charge >= 0.3 is 0 Å². The molecule has 1 unspecified atom stereocenters. The van der Waals surface area contributed by atoms with Crippen molar-refractivity contribution in [2.24, 2.45) is 51.2 Å². The lowest BCUT2D eigenvalue weighted by molar-refractivity contribution is -0.130. The molecule has 0 aromatic heterocycles. The van der Waals surface area contributed by atoms with Crippen LogP contribution in [0.3, 0.4) is 0 Å². The molecule has 0 aromatic carbocycles. The largest absolute Gasteiger partial charge is 0.390 e. The van der Waals surface area contributed by atoms with Crippen molar-refractivity contribution in [1.29, 1.82) is 0 Å². The summed E-state index contributed by atoms with van der Waals surface area (Å²) < 4.78 is 6.01. The Morgan fingerprint density at radius 2 is 1.65 bits per heavy atom. The van der Waals surface area contributed by atoms with Crippen LogP contribution in [0, 0.1) is 51.2 Å². The summed E-state index contributed by atoms with van der Waals surface area (Å²) in [6, 6.07) is 0. The van der Waals surface area contributed by atoms with Gasteiger partial charge in [-0.05, 0) is 116 Å². The number of aliphatic hydroxyl groups is 1. The predicted octanol–water partition coefficient (Wildman–Crippen LogP) is 8.43. The van der Waals surface area contributed by atoms with E-state index in [1.807, 2.05) is 26.5 Å². The normalized spacial score (nSPS) is 45.6. The van der Waals surface area contributed by atoms with Crippen LogP contribution in [0.4, 0.5) is 0 Å². The molecule has 2 nitrogen and oxygen atoms in total. The van der Waals surface area contributed by atoms with Gasteiger partial charge < -0.3 is 9.84 Å². The predicted molar refractivity (Wildman–Crippen MR) is 144 cm³/mol. The van der Waals surface area contributed by atoms with Crippen LogP contribution in [0.25, 0.3) is 0 Å². The van der Waals surface area contributed by atoms with E-state index in [2.05, 4.69) is 54.5 Å². The highest BCUT2D eigenvalue weighted by molar-refractivity contribution is 5.32. The topological polar surface area (TPSA) is 29.5 Å². The summed E-state index contributed by atoms with van der Waals surface area (Å²) in [5, 5.41) is 10.4. The smallest absolute Gasteiger partial charge is 0.0625 e. The first-order chi connectivity index (χ1) is 15.6. The zero-order chi connectivity index (χ0) is 25.3. The Morgan fingerprint density at radius 3 is 2.26 bits per heavy atom. The van der Waals surface area contributed by atoms with Crippen molar-refractivity contribution in [1.82, 2.24) is 0 Å². The van der Waals surface area contributed by atoms with E-state index in [-0.39, 0.29) is 5.41 Å². The van der Waals surface area contributed by atoms with Gasteiger partial charge in [-0.25, -0.2) is 0 Å². The van der Waals surface area contributed by atoms with Crippen LogP contribution < -0.4 is 0 Å². The van der Waals surface area contributed by atoms with Crippen LogP contribution in [0.5, 0.6) is 0 Å². The van der Waals surface area contributed by atoms with Crippen molar-refractivity contribution in [3.05, 3.63) is 11.6 Å². The summed E-state index contributed by atoms with van der Waals surface area (Å²) in [6.07, 6.45) is 14.8. The molecular weight excluding hydrogens is 416 g/mol. The molecule has 1 N–H and O–H groups in total. The zero-order valence-corrected chi connectivity index (χ0v) is 24.3. The fourth-order valence-electron chi connectivity index (χ4n) is 10.1. The van der Waals surface area contributed by atoms with Gasteiger partial charge in [0, 0.05) is 7.11 Å². The first-order valence-corrected chi connectivity index (χ1v) is 14.6. The lowest BCUT2D eigenvalue weighted by atomic mass is 9.41. The lowest BCUT2D eigenvalue weighted by Gasteiger charge is -2.64. The maximum Gasteiger partial charge on any atom is 0.0625 e. The third kappa shape index (κ3) is 3.79. The van der Waals surface area contributed by atoms with E-state index in [0.717, 1.165) is 30.1 Å². The van der Waals surface area contributed by atoms with Gasteiger partial charge in [-0.1, -0.05) is 66.5 Å². The van der Waals surface area contributed by atoms with Crippen molar-refractivity contribution in [2.75, 3.05) is 7.11 Å². The van der Waals surface area contributed by atoms with Crippen LogP contribution in [0.1, 0.15) is 120 Å². The molecule has 4 aliphatic rings. The van der Waals surface area contributed by atoms with Crippen LogP contribution in [0.15, 0.2) is 11.6 Å². The van der Waals surface area contributed by atoms with Gasteiger partial charge in [0.1, 0.15) is 0 Å². The highest BCUT2D eigenvalue weighted by atomic mass is 16.5. The van der Waals surface area contributed by atoms with Crippen molar-refractivity contribution >= 4 is 0 Å². The average molecular weight is 473 g/mol. The molecule has 4 rings (SSSR count). The summed E-state index contributed by atoms with van der Waals surface area (Å²) >= 11 is 0. The minimum Gasteiger partial charge on any atom is -0.390 e. The van der Waals surface area contributed by atoms with E-state index in [0.29, 0.717) is 28.3 Å². The van der Waals surface area contributed by atoms with E-state index in [1.54, 1.807) is 0 Å². The third-order valence-electron chi connectivity index (χ3n) is 13.0.